The molecule has 0 unspecified atom stereocenters. The van der Waals surface area contributed by atoms with Gasteiger partial charge in [0.1, 0.15) is 5.75 Å². The zero-order valence-corrected chi connectivity index (χ0v) is 22.0. The number of carbonyl (C=O) groups is 2. The quantitative estimate of drug-likeness (QED) is 0.0748. The number of carboxylic acid groups (broad SMARTS) is 1. The molecule has 0 aromatic heterocycles. The number of rotatable bonds is 5. The first-order valence-corrected chi connectivity index (χ1v) is 12.3. The highest BCUT2D eigenvalue weighted by Crippen LogP contribution is 2.41. The summed E-state index contributed by atoms with van der Waals surface area (Å²) in [6, 6.07) is 15.7. The Bertz CT molecular complexity index is 1790. The van der Waals surface area contributed by atoms with E-state index in [1.807, 2.05) is 13.8 Å². The average Bonchev–Trinajstić information content (AvgIpc) is 3.20. The number of nitrogens with one attached hydrogen (secondary N) is 1. The number of hydrogen-bond acceptors (Lipinski definition) is 6. The molecule has 5 rings (SSSR count). The van der Waals surface area contributed by atoms with Crippen molar-refractivity contribution in [1.82, 2.24) is 0 Å². The zero-order chi connectivity index (χ0) is 30.3. The fourth-order valence-electron chi connectivity index (χ4n) is 4.48. The molecule has 4 aromatic carbocycles. The van der Waals surface area contributed by atoms with Gasteiger partial charge in [-0.3, -0.25) is 15.1 Å². The van der Waals surface area contributed by atoms with Gasteiger partial charge in [-0.25, -0.2) is 9.18 Å². The maximum Gasteiger partial charge on any atom is 0.511 e. The van der Waals surface area contributed by atoms with E-state index < -0.39 is 35.4 Å². The number of halogens is 4. The maximum absolute atomic E-state index is 14.0. The van der Waals surface area contributed by atoms with Crippen LogP contribution < -0.4 is 15.1 Å². The molecule has 0 saturated heterocycles. The Hall–Kier alpha value is -5.39. The second-order valence-corrected chi connectivity index (χ2v) is 9.43. The summed E-state index contributed by atoms with van der Waals surface area (Å²) in [6.07, 6.45) is -6.37. The van der Waals surface area contributed by atoms with E-state index in [1.165, 1.54) is 24.3 Å². The Morgan fingerprint density at radius 1 is 0.952 bits per heavy atom. The van der Waals surface area contributed by atoms with Gasteiger partial charge in [-0.15, -0.1) is 0 Å². The van der Waals surface area contributed by atoms with Crippen LogP contribution in [0.1, 0.15) is 22.3 Å². The molecule has 42 heavy (non-hydrogen) atoms. The van der Waals surface area contributed by atoms with E-state index in [-0.39, 0.29) is 39.5 Å². The third kappa shape index (κ3) is 5.21. The average molecular weight is 580 g/mol. The minimum Gasteiger partial charge on any atom is -0.505 e. The standard InChI is InChI=1S/C30H21F4N3O5/c1-15-6-9-19(12-16(15)2)37-24-14-18(30(32,33)34)8-10-21(24)26(28(37)39)36-35-23-5-3-4-20(27(23)38)17-7-11-22(31)25(13-17)42-29(40)41/h3-14,35,38H,1-2H3,(H,40,41). The van der Waals surface area contributed by atoms with Gasteiger partial charge in [-0.05, 0) is 79.1 Å². The van der Waals surface area contributed by atoms with Crippen molar-refractivity contribution in [3.05, 3.63) is 101 Å². The van der Waals surface area contributed by atoms with E-state index in [2.05, 4.69) is 15.3 Å². The van der Waals surface area contributed by atoms with Crippen molar-refractivity contribution in [3.8, 4) is 22.6 Å². The molecular formula is C30H21F4N3O5. The summed E-state index contributed by atoms with van der Waals surface area (Å²) in [5, 5.41) is 23.9. The molecule has 0 saturated carbocycles. The number of fused-ring (bicyclic) bond motifs is 1. The van der Waals surface area contributed by atoms with Crippen molar-refractivity contribution in [2.75, 3.05) is 10.3 Å². The largest absolute Gasteiger partial charge is 0.511 e. The van der Waals surface area contributed by atoms with Crippen molar-refractivity contribution >= 4 is 34.8 Å². The number of phenolic OH excluding ortho intramolecular Hbond substituents is 1. The molecule has 12 heteroatoms. The van der Waals surface area contributed by atoms with Crippen molar-refractivity contribution in [2.45, 2.75) is 20.0 Å². The summed E-state index contributed by atoms with van der Waals surface area (Å²) >= 11 is 0. The number of para-hydroxylation sites is 1. The van der Waals surface area contributed by atoms with Gasteiger partial charge in [0.05, 0.1) is 16.9 Å². The predicted octanol–water partition coefficient (Wildman–Crippen LogP) is 7.39. The molecule has 4 aromatic rings. The SMILES string of the molecule is Cc1ccc(N2C(=O)C(=NNc3cccc(-c4ccc(F)c(OC(=O)O)c4)c3O)c3ccc(C(F)(F)F)cc32)cc1C. The first-order valence-electron chi connectivity index (χ1n) is 12.3. The monoisotopic (exact) mass is 579 g/mol. The number of amides is 1. The smallest absolute Gasteiger partial charge is 0.505 e. The Labute approximate surface area is 236 Å². The first-order chi connectivity index (χ1) is 19.8. The minimum absolute atomic E-state index is 0.00567. The van der Waals surface area contributed by atoms with Crippen LogP contribution in [0.2, 0.25) is 0 Å². The second-order valence-electron chi connectivity index (χ2n) is 9.43. The molecule has 1 aliphatic rings. The van der Waals surface area contributed by atoms with E-state index in [4.69, 9.17) is 5.11 Å². The Morgan fingerprint density at radius 2 is 1.71 bits per heavy atom. The summed E-state index contributed by atoms with van der Waals surface area (Å²) in [5.41, 5.74) is 4.10. The van der Waals surface area contributed by atoms with E-state index in [0.29, 0.717) is 5.69 Å². The molecule has 8 nitrogen and oxygen atoms in total. The van der Waals surface area contributed by atoms with Gasteiger partial charge in [-0.1, -0.05) is 24.3 Å². The summed E-state index contributed by atoms with van der Waals surface area (Å²) in [6.45, 7) is 3.68. The van der Waals surface area contributed by atoms with Crippen molar-refractivity contribution in [2.24, 2.45) is 5.10 Å². The van der Waals surface area contributed by atoms with Crippen molar-refractivity contribution < 1.29 is 42.1 Å². The van der Waals surface area contributed by atoms with Crippen LogP contribution in [-0.4, -0.2) is 28.0 Å². The second kappa shape index (κ2) is 10.5. The molecule has 0 fully saturated rings. The number of phenols is 1. The number of nitrogens with zero attached hydrogens (tertiary/aromatic N) is 2. The van der Waals surface area contributed by atoms with Crippen molar-refractivity contribution in [3.63, 3.8) is 0 Å². The third-order valence-corrected chi connectivity index (χ3v) is 6.74. The summed E-state index contributed by atoms with van der Waals surface area (Å²) in [5.74, 6) is -2.57. The number of benzene rings is 4. The molecule has 0 radical (unpaired) electrons. The Morgan fingerprint density at radius 3 is 2.40 bits per heavy atom. The lowest BCUT2D eigenvalue weighted by atomic mass is 10.0. The minimum atomic E-state index is -4.65. The number of hydrazone groups is 1. The van der Waals surface area contributed by atoms with Gasteiger partial charge in [0.25, 0.3) is 5.91 Å². The number of carbonyl (C=O) groups excluding carboxylic acids is 1. The van der Waals surface area contributed by atoms with Gasteiger partial charge in [0.2, 0.25) is 0 Å². The molecule has 214 valence electrons. The number of aromatic hydroxyl groups is 1. The highest BCUT2D eigenvalue weighted by Gasteiger charge is 2.39. The maximum atomic E-state index is 14.0. The van der Waals surface area contributed by atoms with E-state index in [9.17, 15) is 32.3 Å². The molecule has 0 aliphatic carbocycles. The van der Waals surface area contributed by atoms with Crippen LogP contribution in [0, 0.1) is 19.7 Å². The molecule has 0 spiro atoms. The van der Waals surface area contributed by atoms with Crippen LogP contribution in [0.3, 0.4) is 0 Å². The molecule has 1 heterocycles. The van der Waals surface area contributed by atoms with Gasteiger partial charge >= 0.3 is 12.3 Å². The number of hydrogen-bond donors (Lipinski definition) is 3. The first kappa shape index (κ1) is 28.1. The molecule has 0 bridgehead atoms. The predicted molar refractivity (Wildman–Crippen MR) is 147 cm³/mol. The highest BCUT2D eigenvalue weighted by atomic mass is 19.4. The number of anilines is 3. The molecule has 1 aliphatic heterocycles. The molecule has 1 amide bonds. The zero-order valence-electron chi connectivity index (χ0n) is 22.0. The van der Waals surface area contributed by atoms with Gasteiger partial charge in [-0.2, -0.15) is 18.3 Å². The van der Waals surface area contributed by atoms with E-state index in [1.54, 1.807) is 18.2 Å². The summed E-state index contributed by atoms with van der Waals surface area (Å²) in [7, 11) is 0. The van der Waals surface area contributed by atoms with E-state index in [0.717, 1.165) is 46.4 Å². The third-order valence-electron chi connectivity index (χ3n) is 6.74. The number of aryl methyl sites for hydroxylation is 2. The topological polar surface area (TPSA) is 111 Å². The van der Waals surface area contributed by atoms with Crippen LogP contribution >= 0.6 is 0 Å². The normalized spacial score (nSPS) is 13.8. The Kier molecular flexibility index (Phi) is 7.07. The molecule has 3 N–H and O–H groups in total. The summed E-state index contributed by atoms with van der Waals surface area (Å²) in [4.78, 5) is 25.6. The lowest BCUT2D eigenvalue weighted by Crippen LogP contribution is -2.26. The summed E-state index contributed by atoms with van der Waals surface area (Å²) < 4.78 is 59.1. The Balaban J connectivity index is 1.55. The fraction of sp³-hybridized carbons (Fsp3) is 0.100. The lowest BCUT2D eigenvalue weighted by molar-refractivity contribution is -0.137. The van der Waals surface area contributed by atoms with Gasteiger partial charge in [0.15, 0.2) is 17.3 Å². The molecule has 0 atom stereocenters. The van der Waals surface area contributed by atoms with Crippen LogP contribution in [0.5, 0.6) is 11.5 Å². The van der Waals surface area contributed by atoms with Crippen LogP contribution in [0.15, 0.2) is 77.9 Å². The number of alkyl halides is 3. The van der Waals surface area contributed by atoms with Crippen LogP contribution in [-0.2, 0) is 11.0 Å². The van der Waals surface area contributed by atoms with Gasteiger partial charge in [0, 0.05) is 16.8 Å². The number of ether oxygens (including phenoxy) is 1. The van der Waals surface area contributed by atoms with Crippen LogP contribution in [0.4, 0.5) is 39.4 Å². The molecular weight excluding hydrogens is 558 g/mol. The highest BCUT2D eigenvalue weighted by molar-refractivity contribution is 6.55. The fourth-order valence-corrected chi connectivity index (χ4v) is 4.48. The van der Waals surface area contributed by atoms with E-state index >= 15 is 0 Å². The van der Waals surface area contributed by atoms with Gasteiger partial charge < -0.3 is 14.9 Å². The lowest BCUT2D eigenvalue weighted by Gasteiger charge is -2.19. The van der Waals surface area contributed by atoms with Crippen molar-refractivity contribution in [1.29, 1.82) is 0 Å². The van der Waals surface area contributed by atoms with Crippen LogP contribution in [0.25, 0.3) is 11.1 Å².